The maximum atomic E-state index is 14.0. The van der Waals surface area contributed by atoms with Crippen molar-refractivity contribution >= 4 is 43.3 Å². The van der Waals surface area contributed by atoms with Crippen LogP contribution in [0.25, 0.3) is 44.0 Å². The summed E-state index contributed by atoms with van der Waals surface area (Å²) in [5, 5.41) is 1.80. The normalized spacial score (nSPS) is 12.1. The lowest BCUT2D eigenvalue weighted by Gasteiger charge is -2.20. The summed E-state index contributed by atoms with van der Waals surface area (Å²) < 4.78 is 48.1. The van der Waals surface area contributed by atoms with Gasteiger partial charge in [-0.2, -0.15) is 8.42 Å². The summed E-state index contributed by atoms with van der Waals surface area (Å²) in [5.41, 5.74) is 3.76. The van der Waals surface area contributed by atoms with Crippen LogP contribution in [0, 0.1) is 18.3 Å². The van der Waals surface area contributed by atoms with Crippen molar-refractivity contribution in [1.29, 1.82) is 0 Å². The minimum absolute atomic E-state index is 0.0441. The first-order valence-corrected chi connectivity index (χ1v) is 13.8. The van der Waals surface area contributed by atoms with Gasteiger partial charge in [0.2, 0.25) is 0 Å². The van der Waals surface area contributed by atoms with Crippen molar-refractivity contribution in [2.75, 3.05) is 6.61 Å². The molecule has 7 nitrogen and oxygen atoms in total. The molecule has 0 aliphatic carbocycles. The number of H-pyrrole nitrogens is 1. The zero-order valence-corrected chi connectivity index (χ0v) is 22.7. The van der Waals surface area contributed by atoms with Gasteiger partial charge in [0, 0.05) is 28.1 Å². The number of hydrogen-bond donors (Lipinski definition) is 1. The van der Waals surface area contributed by atoms with Crippen LogP contribution in [0.4, 0.5) is 3.89 Å². The van der Waals surface area contributed by atoms with Crippen LogP contribution in [-0.4, -0.2) is 24.6 Å². The molecule has 0 aliphatic rings. The van der Waals surface area contributed by atoms with Crippen molar-refractivity contribution < 1.29 is 21.2 Å². The number of aromatic nitrogens is 2. The van der Waals surface area contributed by atoms with Crippen molar-refractivity contribution in [3.05, 3.63) is 70.4 Å². The minimum Gasteiger partial charge on any atom is -0.493 e. The Morgan fingerprint density at radius 2 is 1.82 bits per heavy atom. The Morgan fingerprint density at radius 1 is 1.05 bits per heavy atom. The largest absolute Gasteiger partial charge is 0.493 e. The third kappa shape index (κ3) is 4.95. The number of fused-ring (bicyclic) bond motifs is 4. The van der Waals surface area contributed by atoms with Gasteiger partial charge in [-0.1, -0.05) is 41.9 Å². The van der Waals surface area contributed by atoms with E-state index in [4.69, 9.17) is 11.2 Å². The van der Waals surface area contributed by atoms with Gasteiger partial charge in [0.25, 0.3) is 0 Å². The topological polar surface area (TPSA) is 90.4 Å². The van der Waals surface area contributed by atoms with Gasteiger partial charge in [0.1, 0.15) is 17.1 Å². The summed E-state index contributed by atoms with van der Waals surface area (Å²) in [6.45, 7) is 8.44. The van der Waals surface area contributed by atoms with E-state index in [-0.39, 0.29) is 23.1 Å². The van der Waals surface area contributed by atoms with Crippen molar-refractivity contribution in [3.63, 3.8) is 0 Å². The molecule has 2 aromatic heterocycles. The lowest BCUT2D eigenvalue weighted by molar-refractivity contribution is 0.272. The molecule has 0 fully saturated rings. The summed E-state index contributed by atoms with van der Waals surface area (Å²) in [5.74, 6) is 3.10. The molecule has 0 aliphatic heterocycles. The molecule has 1 N–H and O–H groups in total. The van der Waals surface area contributed by atoms with Crippen LogP contribution >= 0.6 is 0 Å². The number of hydrogen-bond acceptors (Lipinski definition) is 5. The van der Waals surface area contributed by atoms with Crippen LogP contribution < -0.4 is 14.3 Å². The van der Waals surface area contributed by atoms with E-state index in [9.17, 15) is 17.1 Å². The van der Waals surface area contributed by atoms with Gasteiger partial charge in [0.15, 0.2) is 5.43 Å². The van der Waals surface area contributed by atoms with Crippen LogP contribution in [-0.2, 0) is 10.5 Å². The Balaban J connectivity index is 1.86. The number of benzene rings is 3. The lowest BCUT2D eigenvalue weighted by atomic mass is 10.00. The fourth-order valence-corrected chi connectivity index (χ4v) is 5.19. The highest BCUT2D eigenvalue weighted by molar-refractivity contribution is 7.81. The molecule has 2 heterocycles. The molecule has 39 heavy (non-hydrogen) atoms. The third-order valence-electron chi connectivity index (χ3n) is 6.44. The molecule has 0 atom stereocenters. The predicted molar refractivity (Wildman–Crippen MR) is 152 cm³/mol. The molecule has 3 aromatic carbocycles. The number of halogens is 1. The molecule has 5 aromatic rings. The van der Waals surface area contributed by atoms with Crippen LogP contribution in [0.1, 0.15) is 39.3 Å². The van der Waals surface area contributed by atoms with Gasteiger partial charge in [-0.3, -0.25) is 4.79 Å². The maximum Gasteiger partial charge on any atom is 0.488 e. The quantitative estimate of drug-likeness (QED) is 0.186. The second kappa shape index (κ2) is 9.79. The molecule has 5 rings (SSSR count). The van der Waals surface area contributed by atoms with E-state index < -0.39 is 10.5 Å². The molecule has 0 amide bonds. The van der Waals surface area contributed by atoms with Gasteiger partial charge >= 0.3 is 10.5 Å². The van der Waals surface area contributed by atoms with Gasteiger partial charge in [-0.05, 0) is 61.7 Å². The Labute approximate surface area is 225 Å². The molecular formula is C30H27FN2O5S. The standard InChI is InChI=1S/C30H27FN2O5S/c1-6-19-10-11-22-25(12-19)32-30-28(22)29(34)24-15-27(37-16-17(2)3)23(14-26(24)33(30)18(4)5)20-8-7-9-21(13-20)38-39(31,35)36/h1,7-15,17-18,32H,16H2,2-5H3. The SMILES string of the molecule is C#Cc1ccc2c(c1)[nH]c1c2c(=O)c2cc(OCC(C)C)c(-c3cccc(OS(=O)(=O)F)c3)cc2n1C(C)C. The molecular weight excluding hydrogens is 519 g/mol. The monoisotopic (exact) mass is 546 g/mol. The first kappa shape index (κ1) is 26.3. The highest BCUT2D eigenvalue weighted by Crippen LogP contribution is 2.38. The van der Waals surface area contributed by atoms with E-state index in [0.717, 1.165) is 10.9 Å². The van der Waals surface area contributed by atoms with Crippen LogP contribution in [0.2, 0.25) is 0 Å². The van der Waals surface area contributed by atoms with E-state index in [0.29, 0.717) is 51.0 Å². The predicted octanol–water partition coefficient (Wildman–Crippen LogP) is 6.49. The van der Waals surface area contributed by atoms with Crippen LogP contribution in [0.5, 0.6) is 11.5 Å². The zero-order valence-electron chi connectivity index (χ0n) is 21.9. The van der Waals surface area contributed by atoms with Gasteiger partial charge in [0.05, 0.1) is 22.9 Å². The number of rotatable bonds is 7. The van der Waals surface area contributed by atoms with Crippen molar-refractivity contribution in [2.45, 2.75) is 33.7 Å². The first-order valence-electron chi connectivity index (χ1n) is 12.5. The number of ether oxygens (including phenoxy) is 1. The smallest absolute Gasteiger partial charge is 0.488 e. The Bertz CT molecular complexity index is 1960. The lowest BCUT2D eigenvalue weighted by Crippen LogP contribution is -2.14. The summed E-state index contributed by atoms with van der Waals surface area (Å²) in [4.78, 5) is 17.4. The molecule has 0 unspecified atom stereocenters. The van der Waals surface area contributed by atoms with Crippen molar-refractivity contribution in [1.82, 2.24) is 9.55 Å². The average molecular weight is 547 g/mol. The molecule has 0 saturated carbocycles. The van der Waals surface area contributed by atoms with Gasteiger partial charge in [-0.15, -0.1) is 6.42 Å². The second-order valence-electron chi connectivity index (χ2n) is 10.1. The zero-order chi connectivity index (χ0) is 28.1. The first-order chi connectivity index (χ1) is 18.5. The molecule has 200 valence electrons. The second-order valence-corrected chi connectivity index (χ2v) is 11.1. The number of terminal acetylenes is 1. The molecule has 0 spiro atoms. The van der Waals surface area contributed by atoms with Gasteiger partial charge in [-0.25, -0.2) is 0 Å². The van der Waals surface area contributed by atoms with Crippen molar-refractivity contribution in [3.8, 4) is 35.0 Å². The van der Waals surface area contributed by atoms with E-state index in [1.807, 2.05) is 56.5 Å². The summed E-state index contributed by atoms with van der Waals surface area (Å²) >= 11 is 0. The Hall–Kier alpha value is -4.29. The minimum atomic E-state index is -5.20. The third-order valence-corrected chi connectivity index (χ3v) is 6.84. The molecule has 0 radical (unpaired) electrons. The number of pyridine rings is 1. The Morgan fingerprint density at radius 3 is 2.49 bits per heavy atom. The number of nitrogens with zero attached hydrogens (tertiary/aromatic N) is 1. The molecule has 0 saturated heterocycles. The van der Waals surface area contributed by atoms with Crippen LogP contribution in [0.15, 0.2) is 59.4 Å². The van der Waals surface area contributed by atoms with Gasteiger partial charge < -0.3 is 18.5 Å². The van der Waals surface area contributed by atoms with Crippen LogP contribution in [0.3, 0.4) is 0 Å². The Kier molecular flexibility index (Phi) is 6.60. The van der Waals surface area contributed by atoms with E-state index in [2.05, 4.69) is 15.1 Å². The number of aromatic amines is 1. The fourth-order valence-electron chi connectivity index (χ4n) is 4.86. The molecule has 0 bridgehead atoms. The molecule has 9 heteroatoms. The van der Waals surface area contributed by atoms with Crippen molar-refractivity contribution in [2.24, 2.45) is 5.92 Å². The van der Waals surface area contributed by atoms with E-state index in [1.54, 1.807) is 18.2 Å². The average Bonchev–Trinajstić information content (AvgIpc) is 3.24. The highest BCUT2D eigenvalue weighted by Gasteiger charge is 2.21. The number of nitrogens with one attached hydrogen (secondary N) is 1. The highest BCUT2D eigenvalue weighted by atomic mass is 32.3. The fraction of sp³-hybridized carbons (Fsp3) is 0.233. The summed E-state index contributed by atoms with van der Waals surface area (Å²) in [6.07, 6.45) is 5.60. The summed E-state index contributed by atoms with van der Waals surface area (Å²) in [7, 11) is -5.20. The van der Waals surface area contributed by atoms with E-state index in [1.165, 1.54) is 12.1 Å². The summed E-state index contributed by atoms with van der Waals surface area (Å²) in [6, 6.07) is 15.1. The maximum absolute atomic E-state index is 14.0. The van der Waals surface area contributed by atoms with E-state index >= 15 is 0 Å².